The molecule has 0 saturated carbocycles. The first-order chi connectivity index (χ1) is 12.1. The smallest absolute Gasteiger partial charge is 0.251 e. The van der Waals surface area contributed by atoms with Crippen LogP contribution in [-0.4, -0.2) is 42.1 Å². The molecule has 2 N–H and O–H groups in total. The lowest BCUT2D eigenvalue weighted by Crippen LogP contribution is -2.29. The highest BCUT2D eigenvalue weighted by atomic mass is 35.5. The van der Waals surface area contributed by atoms with Crippen LogP contribution in [0.1, 0.15) is 29.0 Å². The van der Waals surface area contributed by atoms with Gasteiger partial charge in [-0.1, -0.05) is 11.6 Å². The van der Waals surface area contributed by atoms with Gasteiger partial charge in [-0.15, -0.1) is 0 Å². The minimum absolute atomic E-state index is 0.116. The van der Waals surface area contributed by atoms with Crippen molar-refractivity contribution < 1.29 is 4.79 Å². The van der Waals surface area contributed by atoms with Gasteiger partial charge in [-0.25, -0.2) is 9.97 Å². The second kappa shape index (κ2) is 8.16. The Morgan fingerprint density at radius 2 is 1.88 bits per heavy atom. The summed E-state index contributed by atoms with van der Waals surface area (Å²) in [5.74, 6) is 2.39. The van der Waals surface area contributed by atoms with Crippen LogP contribution in [0.15, 0.2) is 30.3 Å². The lowest BCUT2D eigenvalue weighted by atomic mass is 10.2. The molecule has 1 aliphatic rings. The van der Waals surface area contributed by atoms with Crippen molar-refractivity contribution in [3.8, 4) is 0 Å². The first-order valence-corrected chi connectivity index (χ1v) is 8.88. The van der Waals surface area contributed by atoms with E-state index in [1.165, 1.54) is 12.8 Å². The lowest BCUT2D eigenvalue weighted by Gasteiger charge is -2.17. The lowest BCUT2D eigenvalue weighted by molar-refractivity contribution is 0.0955. The SMILES string of the molecule is Cc1nc(NCCNC(=O)c2ccc(Cl)cc2)cc(N2CCCC2)n1. The molecule has 1 fully saturated rings. The number of benzene rings is 1. The number of nitrogens with one attached hydrogen (secondary N) is 2. The number of aromatic nitrogens is 2. The van der Waals surface area contributed by atoms with E-state index in [1.807, 2.05) is 13.0 Å². The Balaban J connectivity index is 1.50. The van der Waals surface area contributed by atoms with Crippen LogP contribution in [0.3, 0.4) is 0 Å². The molecule has 6 nitrogen and oxygen atoms in total. The van der Waals surface area contributed by atoms with Crippen molar-refractivity contribution in [2.24, 2.45) is 0 Å². The van der Waals surface area contributed by atoms with E-state index in [-0.39, 0.29) is 5.91 Å². The Labute approximate surface area is 152 Å². The molecule has 0 aliphatic carbocycles. The van der Waals surface area contributed by atoms with Crippen molar-refractivity contribution in [3.05, 3.63) is 46.7 Å². The number of anilines is 2. The molecule has 0 unspecified atom stereocenters. The van der Waals surface area contributed by atoms with E-state index in [0.29, 0.717) is 23.7 Å². The molecule has 2 aromatic rings. The molecule has 0 radical (unpaired) electrons. The Bertz CT molecular complexity index is 729. The summed E-state index contributed by atoms with van der Waals surface area (Å²) in [7, 11) is 0. The van der Waals surface area contributed by atoms with E-state index >= 15 is 0 Å². The van der Waals surface area contributed by atoms with E-state index < -0.39 is 0 Å². The molecule has 7 heteroatoms. The Morgan fingerprint density at radius 1 is 1.16 bits per heavy atom. The third kappa shape index (κ3) is 4.82. The van der Waals surface area contributed by atoms with Gasteiger partial charge in [-0.2, -0.15) is 0 Å². The van der Waals surface area contributed by atoms with Crippen molar-refractivity contribution in [3.63, 3.8) is 0 Å². The van der Waals surface area contributed by atoms with Crippen LogP contribution >= 0.6 is 11.6 Å². The van der Waals surface area contributed by atoms with E-state index in [9.17, 15) is 4.79 Å². The van der Waals surface area contributed by atoms with Crippen molar-refractivity contribution in [2.45, 2.75) is 19.8 Å². The third-order valence-corrected chi connectivity index (χ3v) is 4.33. The zero-order valence-corrected chi connectivity index (χ0v) is 15.0. The van der Waals surface area contributed by atoms with Crippen molar-refractivity contribution in [1.29, 1.82) is 0 Å². The van der Waals surface area contributed by atoms with Gasteiger partial charge in [0.2, 0.25) is 0 Å². The summed E-state index contributed by atoms with van der Waals surface area (Å²) < 4.78 is 0. The van der Waals surface area contributed by atoms with Gasteiger partial charge in [-0.3, -0.25) is 4.79 Å². The minimum Gasteiger partial charge on any atom is -0.368 e. The predicted molar refractivity (Wildman–Crippen MR) is 100 cm³/mol. The van der Waals surface area contributed by atoms with Gasteiger partial charge in [0, 0.05) is 42.8 Å². The number of halogens is 1. The van der Waals surface area contributed by atoms with E-state index in [4.69, 9.17) is 11.6 Å². The fraction of sp³-hybridized carbons (Fsp3) is 0.389. The van der Waals surface area contributed by atoms with Crippen LogP contribution < -0.4 is 15.5 Å². The van der Waals surface area contributed by atoms with Gasteiger partial charge in [0.15, 0.2) is 0 Å². The molecule has 0 atom stereocenters. The average molecular weight is 360 g/mol. The molecule has 1 aromatic carbocycles. The molecular formula is C18H22ClN5O. The van der Waals surface area contributed by atoms with Crippen molar-refractivity contribution in [1.82, 2.24) is 15.3 Å². The van der Waals surface area contributed by atoms with Gasteiger partial charge in [-0.05, 0) is 44.0 Å². The first kappa shape index (κ1) is 17.5. The maximum Gasteiger partial charge on any atom is 0.251 e. The predicted octanol–water partition coefficient (Wildman–Crippen LogP) is 2.88. The molecule has 1 saturated heterocycles. The van der Waals surface area contributed by atoms with Gasteiger partial charge < -0.3 is 15.5 Å². The van der Waals surface area contributed by atoms with Gasteiger partial charge in [0.05, 0.1) is 0 Å². The molecule has 1 amide bonds. The van der Waals surface area contributed by atoms with E-state index in [2.05, 4.69) is 25.5 Å². The number of carbonyl (C=O) groups excluding carboxylic acids is 1. The van der Waals surface area contributed by atoms with Crippen LogP contribution in [0.4, 0.5) is 11.6 Å². The number of hydrogen-bond donors (Lipinski definition) is 2. The summed E-state index contributed by atoms with van der Waals surface area (Å²) >= 11 is 5.83. The van der Waals surface area contributed by atoms with Crippen LogP contribution in [-0.2, 0) is 0 Å². The maximum atomic E-state index is 12.0. The highest BCUT2D eigenvalue weighted by molar-refractivity contribution is 6.30. The second-order valence-corrected chi connectivity index (χ2v) is 6.48. The molecule has 132 valence electrons. The molecule has 3 rings (SSSR count). The number of amides is 1. The zero-order chi connectivity index (χ0) is 17.6. The number of aryl methyl sites for hydroxylation is 1. The third-order valence-electron chi connectivity index (χ3n) is 4.08. The summed E-state index contributed by atoms with van der Waals surface area (Å²) in [6.45, 7) is 5.09. The molecule has 1 aromatic heterocycles. The van der Waals surface area contributed by atoms with Gasteiger partial charge in [0.1, 0.15) is 17.5 Å². The number of nitrogens with zero attached hydrogens (tertiary/aromatic N) is 3. The Hall–Kier alpha value is -2.34. The molecular weight excluding hydrogens is 338 g/mol. The fourth-order valence-corrected chi connectivity index (χ4v) is 2.95. The molecule has 0 spiro atoms. The monoisotopic (exact) mass is 359 g/mol. The van der Waals surface area contributed by atoms with Crippen molar-refractivity contribution >= 4 is 29.1 Å². The summed E-state index contributed by atoms with van der Waals surface area (Å²) in [4.78, 5) is 23.2. The van der Waals surface area contributed by atoms with E-state index in [0.717, 1.165) is 30.5 Å². The normalized spacial score (nSPS) is 13.8. The summed E-state index contributed by atoms with van der Waals surface area (Å²) in [5.41, 5.74) is 0.596. The first-order valence-electron chi connectivity index (χ1n) is 8.50. The fourth-order valence-electron chi connectivity index (χ4n) is 2.82. The van der Waals surface area contributed by atoms with E-state index in [1.54, 1.807) is 24.3 Å². The van der Waals surface area contributed by atoms with Gasteiger partial charge >= 0.3 is 0 Å². The number of hydrogen-bond acceptors (Lipinski definition) is 5. The average Bonchev–Trinajstić information content (AvgIpc) is 3.13. The zero-order valence-electron chi connectivity index (χ0n) is 14.3. The largest absolute Gasteiger partial charge is 0.368 e. The highest BCUT2D eigenvalue weighted by Gasteiger charge is 2.15. The summed E-state index contributed by atoms with van der Waals surface area (Å²) in [5, 5.41) is 6.74. The summed E-state index contributed by atoms with van der Waals surface area (Å²) in [6.07, 6.45) is 2.42. The Morgan fingerprint density at radius 3 is 2.60 bits per heavy atom. The van der Waals surface area contributed by atoms with Crippen LogP contribution in [0.5, 0.6) is 0 Å². The standard InChI is InChI=1S/C18H22ClN5O/c1-13-22-16(12-17(23-13)24-10-2-3-11-24)20-8-9-21-18(25)14-4-6-15(19)7-5-14/h4-7,12H,2-3,8-11H2,1H3,(H,21,25)(H,20,22,23). The molecule has 0 bridgehead atoms. The Kier molecular flexibility index (Phi) is 5.71. The second-order valence-electron chi connectivity index (χ2n) is 6.04. The molecule has 25 heavy (non-hydrogen) atoms. The highest BCUT2D eigenvalue weighted by Crippen LogP contribution is 2.20. The topological polar surface area (TPSA) is 70.2 Å². The van der Waals surface area contributed by atoms with Crippen LogP contribution in [0, 0.1) is 6.92 Å². The minimum atomic E-state index is -0.116. The molecule has 1 aliphatic heterocycles. The van der Waals surface area contributed by atoms with Crippen LogP contribution in [0.2, 0.25) is 5.02 Å². The van der Waals surface area contributed by atoms with Crippen LogP contribution in [0.25, 0.3) is 0 Å². The maximum absolute atomic E-state index is 12.0. The quantitative estimate of drug-likeness (QED) is 0.776. The van der Waals surface area contributed by atoms with Crippen molar-refractivity contribution in [2.75, 3.05) is 36.4 Å². The number of carbonyl (C=O) groups is 1. The van der Waals surface area contributed by atoms with Gasteiger partial charge in [0.25, 0.3) is 5.91 Å². The molecule has 2 heterocycles. The number of rotatable bonds is 6. The summed E-state index contributed by atoms with van der Waals surface area (Å²) in [6, 6.07) is 8.80.